The van der Waals surface area contributed by atoms with Gasteiger partial charge in [0.15, 0.2) is 0 Å². The van der Waals surface area contributed by atoms with Gasteiger partial charge in [0, 0.05) is 19.6 Å². The van der Waals surface area contributed by atoms with E-state index in [1.165, 1.54) is 16.7 Å². The second kappa shape index (κ2) is 8.28. The lowest BCUT2D eigenvalue weighted by Crippen LogP contribution is -2.56. The maximum absolute atomic E-state index is 12.8. The number of imide groups is 1. The number of carbonyl (C=O) groups excluding carboxylic acids is 3. The van der Waals surface area contributed by atoms with E-state index in [0.717, 1.165) is 12.8 Å². The Bertz CT molecular complexity index is 937. The van der Waals surface area contributed by atoms with Crippen LogP contribution in [0.4, 0.5) is 4.79 Å². The van der Waals surface area contributed by atoms with Crippen molar-refractivity contribution in [3.63, 3.8) is 0 Å². The second-order valence-corrected chi connectivity index (χ2v) is 8.01. The first kappa shape index (κ1) is 20.1. The lowest BCUT2D eigenvalue weighted by Gasteiger charge is -2.34. The molecule has 0 aliphatic carbocycles. The van der Waals surface area contributed by atoms with Gasteiger partial charge in [0.2, 0.25) is 5.91 Å². The van der Waals surface area contributed by atoms with Crippen molar-refractivity contribution in [3.8, 4) is 11.1 Å². The van der Waals surface area contributed by atoms with Crippen LogP contribution in [-0.2, 0) is 9.59 Å². The first-order valence-electron chi connectivity index (χ1n) is 10.3. The van der Waals surface area contributed by atoms with E-state index in [9.17, 15) is 14.4 Å². The summed E-state index contributed by atoms with van der Waals surface area (Å²) in [6, 6.07) is 18.3. The molecule has 0 radical (unpaired) electrons. The van der Waals surface area contributed by atoms with Gasteiger partial charge >= 0.3 is 6.03 Å². The number of urea groups is 1. The van der Waals surface area contributed by atoms with E-state index in [-0.39, 0.29) is 18.9 Å². The quantitative estimate of drug-likeness (QED) is 0.661. The predicted molar refractivity (Wildman–Crippen MR) is 114 cm³/mol. The highest BCUT2D eigenvalue weighted by atomic mass is 16.2. The molecule has 2 aromatic rings. The van der Waals surface area contributed by atoms with Gasteiger partial charge in [0.1, 0.15) is 5.54 Å². The maximum Gasteiger partial charge on any atom is 0.322 e. The van der Waals surface area contributed by atoms with E-state index < -0.39 is 17.5 Å². The van der Waals surface area contributed by atoms with Gasteiger partial charge in [-0.2, -0.15) is 0 Å². The molecular formula is C23H26N4O3. The number of likely N-dealkylation sites (tertiary alicyclic amines) is 1. The molecular weight excluding hydrogens is 380 g/mol. The predicted octanol–water partition coefficient (Wildman–Crippen LogP) is 1.99. The van der Waals surface area contributed by atoms with Gasteiger partial charge in [0.25, 0.3) is 5.91 Å². The third kappa shape index (κ3) is 3.93. The average molecular weight is 406 g/mol. The number of piperidine rings is 1. The Kier molecular flexibility index (Phi) is 5.55. The summed E-state index contributed by atoms with van der Waals surface area (Å²) in [5.74, 6) is -0.288. The van der Waals surface area contributed by atoms with Crippen LogP contribution in [0.1, 0.15) is 30.7 Å². The molecule has 30 heavy (non-hydrogen) atoms. The normalized spacial score (nSPS) is 22.0. The molecule has 0 bridgehead atoms. The third-order valence-corrected chi connectivity index (χ3v) is 6.15. The monoisotopic (exact) mass is 406 g/mol. The van der Waals surface area contributed by atoms with Crippen molar-refractivity contribution in [1.82, 2.24) is 15.5 Å². The molecule has 2 saturated heterocycles. The fourth-order valence-electron chi connectivity index (χ4n) is 4.28. The lowest BCUT2D eigenvalue weighted by atomic mass is 9.87. The lowest BCUT2D eigenvalue weighted by molar-refractivity contribution is -0.137. The molecule has 156 valence electrons. The van der Waals surface area contributed by atoms with Crippen molar-refractivity contribution in [3.05, 3.63) is 60.2 Å². The number of nitrogens with one attached hydrogen (secondary N) is 2. The molecule has 1 atom stereocenters. The van der Waals surface area contributed by atoms with Gasteiger partial charge < -0.3 is 16.0 Å². The summed E-state index contributed by atoms with van der Waals surface area (Å²) in [5, 5.41) is 4.69. The van der Waals surface area contributed by atoms with Gasteiger partial charge in [-0.3, -0.25) is 14.9 Å². The number of rotatable bonds is 5. The van der Waals surface area contributed by atoms with E-state index in [0.29, 0.717) is 19.0 Å². The average Bonchev–Trinajstić information content (AvgIpc) is 3.07. The third-order valence-electron chi connectivity index (χ3n) is 6.15. The number of hydrogen-bond acceptors (Lipinski definition) is 4. The van der Waals surface area contributed by atoms with Crippen LogP contribution in [0.25, 0.3) is 11.1 Å². The Labute approximate surface area is 175 Å². The molecule has 1 unspecified atom stereocenters. The van der Waals surface area contributed by atoms with Crippen LogP contribution >= 0.6 is 0 Å². The van der Waals surface area contributed by atoms with Crippen LogP contribution in [0.3, 0.4) is 0 Å². The molecule has 0 spiro atoms. The van der Waals surface area contributed by atoms with Gasteiger partial charge in [-0.1, -0.05) is 54.6 Å². The second-order valence-electron chi connectivity index (χ2n) is 8.01. The molecule has 4 amide bonds. The van der Waals surface area contributed by atoms with Crippen LogP contribution in [0.5, 0.6) is 0 Å². The van der Waals surface area contributed by atoms with Crippen LogP contribution in [0.2, 0.25) is 0 Å². The molecule has 2 fully saturated rings. The molecule has 2 aliphatic heterocycles. The Hall–Kier alpha value is -3.19. The molecule has 2 heterocycles. The van der Waals surface area contributed by atoms with Crippen molar-refractivity contribution in [2.24, 2.45) is 5.73 Å². The fraction of sp³-hybridized carbons (Fsp3) is 0.348. The molecule has 0 aromatic heterocycles. The first-order chi connectivity index (χ1) is 14.5. The van der Waals surface area contributed by atoms with E-state index in [2.05, 4.69) is 47.0 Å². The molecule has 4 rings (SSSR count). The highest BCUT2D eigenvalue weighted by Gasteiger charge is 2.47. The Morgan fingerprint density at radius 3 is 2.20 bits per heavy atom. The van der Waals surface area contributed by atoms with Crippen molar-refractivity contribution >= 4 is 17.8 Å². The van der Waals surface area contributed by atoms with Crippen LogP contribution in [0, 0.1) is 0 Å². The van der Waals surface area contributed by atoms with Crippen molar-refractivity contribution in [2.75, 3.05) is 19.6 Å². The number of hydrogen-bond donors (Lipinski definition) is 3. The molecule has 2 aliphatic rings. The topological polar surface area (TPSA) is 105 Å². The summed E-state index contributed by atoms with van der Waals surface area (Å²) in [7, 11) is 0. The zero-order chi connectivity index (χ0) is 21.1. The molecule has 4 N–H and O–H groups in total. The zero-order valence-electron chi connectivity index (χ0n) is 16.8. The van der Waals surface area contributed by atoms with E-state index in [1.54, 1.807) is 4.90 Å². The number of benzene rings is 2. The SMILES string of the molecule is NCC1(CC(=O)N2CCC(c3ccc(-c4ccccc4)cc3)CC2)NC(=O)NC1=O. The van der Waals surface area contributed by atoms with E-state index in [1.807, 2.05) is 18.2 Å². The minimum absolute atomic E-state index is 0.111. The summed E-state index contributed by atoms with van der Waals surface area (Å²) in [4.78, 5) is 38.1. The molecule has 7 heteroatoms. The van der Waals surface area contributed by atoms with Crippen molar-refractivity contribution < 1.29 is 14.4 Å². The summed E-state index contributed by atoms with van der Waals surface area (Å²) in [6.45, 7) is 1.14. The Balaban J connectivity index is 1.35. The maximum atomic E-state index is 12.8. The number of carbonyl (C=O) groups is 3. The van der Waals surface area contributed by atoms with Gasteiger partial charge in [-0.15, -0.1) is 0 Å². The Morgan fingerprint density at radius 1 is 1.00 bits per heavy atom. The van der Waals surface area contributed by atoms with E-state index in [4.69, 9.17) is 5.73 Å². The number of nitrogens with zero attached hydrogens (tertiary/aromatic N) is 1. The fourth-order valence-corrected chi connectivity index (χ4v) is 4.28. The minimum Gasteiger partial charge on any atom is -0.343 e. The van der Waals surface area contributed by atoms with Crippen molar-refractivity contribution in [2.45, 2.75) is 30.7 Å². The van der Waals surface area contributed by atoms with Gasteiger partial charge in [-0.25, -0.2) is 4.79 Å². The van der Waals surface area contributed by atoms with E-state index >= 15 is 0 Å². The molecule has 7 nitrogen and oxygen atoms in total. The van der Waals surface area contributed by atoms with Crippen LogP contribution in [0.15, 0.2) is 54.6 Å². The number of nitrogens with two attached hydrogens (primary N) is 1. The Morgan fingerprint density at radius 2 is 1.63 bits per heavy atom. The smallest absolute Gasteiger partial charge is 0.322 e. The van der Waals surface area contributed by atoms with Crippen molar-refractivity contribution in [1.29, 1.82) is 0 Å². The number of amides is 4. The van der Waals surface area contributed by atoms with Crippen LogP contribution in [-0.4, -0.2) is 47.9 Å². The standard InChI is InChI=1S/C23H26N4O3/c24-15-23(21(29)25-22(30)26-23)14-20(28)27-12-10-19(11-13-27)18-8-6-17(7-9-18)16-4-2-1-3-5-16/h1-9,19H,10-15,24H2,(H2,25,26,29,30). The van der Waals surface area contributed by atoms with Gasteiger partial charge in [0.05, 0.1) is 6.42 Å². The zero-order valence-corrected chi connectivity index (χ0v) is 16.8. The largest absolute Gasteiger partial charge is 0.343 e. The summed E-state index contributed by atoms with van der Waals surface area (Å²) < 4.78 is 0. The highest BCUT2D eigenvalue weighted by Crippen LogP contribution is 2.30. The summed E-state index contributed by atoms with van der Waals surface area (Å²) in [5.41, 5.74) is 8.04. The molecule has 0 saturated carbocycles. The first-order valence-corrected chi connectivity index (χ1v) is 10.3. The minimum atomic E-state index is -1.34. The molecule has 2 aromatic carbocycles. The summed E-state index contributed by atoms with van der Waals surface area (Å²) in [6.07, 6.45) is 1.62. The highest BCUT2D eigenvalue weighted by molar-refractivity contribution is 6.09. The van der Waals surface area contributed by atoms with Crippen LogP contribution < -0.4 is 16.4 Å². The summed E-state index contributed by atoms with van der Waals surface area (Å²) >= 11 is 0. The van der Waals surface area contributed by atoms with Gasteiger partial charge in [-0.05, 0) is 35.4 Å².